The number of fused-ring (bicyclic) bond motifs is 1. The molecule has 1 aliphatic rings. The van der Waals surface area contributed by atoms with Crippen molar-refractivity contribution in [2.24, 2.45) is 10.2 Å². The van der Waals surface area contributed by atoms with Crippen molar-refractivity contribution in [3.63, 3.8) is 0 Å². The highest BCUT2D eigenvalue weighted by Gasteiger charge is 2.31. The quantitative estimate of drug-likeness (QED) is 0.167. The highest BCUT2D eigenvalue weighted by Crippen LogP contribution is 2.36. The predicted octanol–water partition coefficient (Wildman–Crippen LogP) is 1.40. The Kier molecular flexibility index (Phi) is 8.03. The molecule has 14 heteroatoms. The van der Waals surface area contributed by atoms with Crippen LogP contribution in [0.5, 0.6) is 5.75 Å². The topological polar surface area (TPSA) is 182 Å². The third-order valence-electron chi connectivity index (χ3n) is 4.98. The number of phosphoric acid groups is 1. The summed E-state index contributed by atoms with van der Waals surface area (Å²) in [6.07, 6.45) is 0. The SMILES string of the molecule is CN1Cc2ccc(N)c(N=Nc3ccc(S(=O)(=O)Oc4ccccc4)cc3)c2[NH+]1C.O=P([O-])(O)O. The number of quaternary nitrogens is 1. The molecule has 1 aliphatic heterocycles. The Hall–Kier alpha value is -3.16. The maximum Gasteiger partial charge on any atom is 0.339 e. The first-order chi connectivity index (χ1) is 16.3. The third-order valence-corrected chi connectivity index (χ3v) is 6.24. The summed E-state index contributed by atoms with van der Waals surface area (Å²) in [4.78, 5) is 23.0. The molecular formula is C21H24N5O7PS. The van der Waals surface area contributed by atoms with E-state index in [2.05, 4.69) is 15.2 Å². The van der Waals surface area contributed by atoms with Crippen LogP contribution in [0.15, 0.2) is 81.9 Å². The van der Waals surface area contributed by atoms with Crippen molar-refractivity contribution in [2.75, 3.05) is 19.8 Å². The number of benzene rings is 3. The van der Waals surface area contributed by atoms with E-state index in [-0.39, 0.29) is 10.6 Å². The number of hydrogen-bond donors (Lipinski definition) is 4. The van der Waals surface area contributed by atoms with E-state index in [1.54, 1.807) is 42.5 Å². The van der Waals surface area contributed by atoms with Gasteiger partial charge in [0.1, 0.15) is 10.6 Å². The van der Waals surface area contributed by atoms with Crippen LogP contribution in [0.4, 0.5) is 22.7 Å². The summed E-state index contributed by atoms with van der Waals surface area (Å²) < 4.78 is 38.8. The molecule has 0 radical (unpaired) electrons. The van der Waals surface area contributed by atoms with Gasteiger partial charge in [0.2, 0.25) is 0 Å². The largest absolute Gasteiger partial charge is 0.756 e. The lowest BCUT2D eigenvalue weighted by molar-refractivity contribution is -0.931. The Morgan fingerprint density at radius 3 is 2.26 bits per heavy atom. The fraction of sp³-hybridized carbons (Fsp3) is 0.143. The number of anilines is 1. The monoisotopic (exact) mass is 521 g/mol. The number of nitrogens with two attached hydrogens (primary N) is 1. The maximum absolute atomic E-state index is 12.4. The Bertz CT molecular complexity index is 1350. The molecule has 4 rings (SSSR count). The molecule has 12 nitrogen and oxygen atoms in total. The van der Waals surface area contributed by atoms with Gasteiger partial charge in [0.05, 0.1) is 25.0 Å². The van der Waals surface area contributed by atoms with Crippen molar-refractivity contribution in [2.45, 2.75) is 11.4 Å². The van der Waals surface area contributed by atoms with Crippen molar-refractivity contribution in [3.8, 4) is 5.75 Å². The van der Waals surface area contributed by atoms with Crippen LogP contribution < -0.4 is 19.8 Å². The zero-order chi connectivity index (χ0) is 25.8. The summed E-state index contributed by atoms with van der Waals surface area (Å²) in [5.74, 6) is 0.256. The number of nitrogens with one attached hydrogen (secondary N) is 1. The molecule has 0 aromatic heterocycles. The molecule has 35 heavy (non-hydrogen) atoms. The van der Waals surface area contributed by atoms with Gasteiger partial charge in [-0.15, -0.1) is 5.11 Å². The summed E-state index contributed by atoms with van der Waals surface area (Å²) in [5.41, 5.74) is 9.96. The minimum absolute atomic E-state index is 0.0382. The average Bonchev–Trinajstić information content (AvgIpc) is 3.06. The summed E-state index contributed by atoms with van der Waals surface area (Å²) in [7, 11) is -4.77. The molecule has 0 fully saturated rings. The molecular weight excluding hydrogens is 497 g/mol. The molecule has 1 atom stereocenters. The molecule has 1 heterocycles. The van der Waals surface area contributed by atoms with Crippen molar-refractivity contribution in [1.82, 2.24) is 5.01 Å². The fourth-order valence-electron chi connectivity index (χ4n) is 3.30. The molecule has 1 unspecified atom stereocenters. The minimum atomic E-state index is -4.89. The van der Waals surface area contributed by atoms with Crippen LogP contribution in [0, 0.1) is 0 Å². The molecule has 5 N–H and O–H groups in total. The van der Waals surface area contributed by atoms with Crippen LogP contribution >= 0.6 is 7.82 Å². The first-order valence-electron chi connectivity index (χ1n) is 10.1. The van der Waals surface area contributed by atoms with Gasteiger partial charge in [0.25, 0.3) is 7.82 Å². The number of hydrogen-bond acceptors (Lipinski definition) is 9. The van der Waals surface area contributed by atoms with Crippen LogP contribution in [0.1, 0.15) is 5.56 Å². The van der Waals surface area contributed by atoms with Crippen LogP contribution in [0.3, 0.4) is 0 Å². The van der Waals surface area contributed by atoms with E-state index in [4.69, 9.17) is 29.2 Å². The zero-order valence-corrected chi connectivity index (χ0v) is 20.5. The van der Waals surface area contributed by atoms with Crippen LogP contribution in [-0.4, -0.2) is 37.3 Å². The van der Waals surface area contributed by atoms with E-state index in [0.717, 1.165) is 22.8 Å². The lowest BCUT2D eigenvalue weighted by Crippen LogP contribution is -3.08. The van der Waals surface area contributed by atoms with Gasteiger partial charge in [-0.2, -0.15) is 18.5 Å². The van der Waals surface area contributed by atoms with Gasteiger partial charge in [-0.05, 0) is 48.5 Å². The van der Waals surface area contributed by atoms with Crippen molar-refractivity contribution < 1.29 is 36.9 Å². The van der Waals surface area contributed by atoms with Gasteiger partial charge < -0.3 is 24.6 Å². The first-order valence-corrected chi connectivity index (χ1v) is 13.0. The van der Waals surface area contributed by atoms with Gasteiger partial charge in [0.15, 0.2) is 11.4 Å². The molecule has 0 bridgehead atoms. The second kappa shape index (κ2) is 10.6. The number of nitrogen functional groups attached to an aromatic ring is 1. The second-order valence-corrected chi connectivity index (χ2v) is 10.0. The zero-order valence-electron chi connectivity index (χ0n) is 18.8. The summed E-state index contributed by atoms with van der Waals surface area (Å²) in [6, 6.07) is 18.2. The molecule has 0 amide bonds. The third kappa shape index (κ3) is 7.16. The summed E-state index contributed by atoms with van der Waals surface area (Å²) in [6.45, 7) is 0.804. The number of para-hydroxylation sites is 1. The van der Waals surface area contributed by atoms with E-state index >= 15 is 0 Å². The van der Waals surface area contributed by atoms with E-state index in [1.165, 1.54) is 12.1 Å². The standard InChI is InChI=1S/C21H21N5O3S.H3O4P/c1-25-14-15-8-13-19(22)20(21(15)26(25)2)24-23-16-9-11-18(12-10-16)30(27,28)29-17-6-4-3-5-7-17;1-5(2,3)4/h3-13H,14,22H2,1-2H3;(H3,1,2,3,4). The molecule has 3 aromatic rings. The average molecular weight is 521 g/mol. The van der Waals surface area contributed by atoms with Crippen LogP contribution in [-0.2, 0) is 21.2 Å². The van der Waals surface area contributed by atoms with Gasteiger partial charge in [-0.1, -0.05) is 18.2 Å². The number of nitrogens with zero attached hydrogens (tertiary/aromatic N) is 3. The van der Waals surface area contributed by atoms with Gasteiger partial charge in [-0.25, -0.2) is 5.01 Å². The lowest BCUT2D eigenvalue weighted by Gasteiger charge is -2.15. The number of azo groups is 1. The molecule has 0 saturated heterocycles. The van der Waals surface area contributed by atoms with Crippen LogP contribution in [0.25, 0.3) is 0 Å². The second-order valence-electron chi connectivity index (χ2n) is 7.51. The maximum atomic E-state index is 12.4. The van der Waals surface area contributed by atoms with Gasteiger partial charge >= 0.3 is 10.1 Å². The summed E-state index contributed by atoms with van der Waals surface area (Å²) >= 11 is 0. The normalized spacial score (nSPS) is 16.0. The van der Waals surface area contributed by atoms with E-state index in [0.29, 0.717) is 17.1 Å². The van der Waals surface area contributed by atoms with Crippen molar-refractivity contribution in [1.29, 1.82) is 0 Å². The Labute approximate surface area is 202 Å². The molecule has 3 aromatic carbocycles. The minimum Gasteiger partial charge on any atom is -0.756 e. The number of rotatable bonds is 5. The molecule has 186 valence electrons. The van der Waals surface area contributed by atoms with Crippen LogP contribution in [0.2, 0.25) is 0 Å². The Morgan fingerprint density at radius 2 is 1.66 bits per heavy atom. The Morgan fingerprint density at radius 1 is 1.06 bits per heavy atom. The van der Waals surface area contributed by atoms with Crippen molar-refractivity contribution in [3.05, 3.63) is 72.3 Å². The van der Waals surface area contributed by atoms with E-state index in [9.17, 15) is 8.42 Å². The van der Waals surface area contributed by atoms with E-state index < -0.39 is 17.9 Å². The molecule has 0 aliphatic carbocycles. The molecule has 0 saturated carbocycles. The van der Waals surface area contributed by atoms with Gasteiger partial charge in [0, 0.05) is 12.6 Å². The van der Waals surface area contributed by atoms with E-state index in [1.807, 2.05) is 26.2 Å². The highest BCUT2D eigenvalue weighted by atomic mass is 32.2. The smallest absolute Gasteiger partial charge is 0.339 e. The summed E-state index contributed by atoms with van der Waals surface area (Å²) in [5, 5.41) is 11.8. The lowest BCUT2D eigenvalue weighted by atomic mass is 10.1. The van der Waals surface area contributed by atoms with Crippen molar-refractivity contribution >= 4 is 40.7 Å². The van der Waals surface area contributed by atoms with Gasteiger partial charge in [-0.3, -0.25) is 4.57 Å². The first kappa shape index (κ1) is 26.4. The molecule has 0 spiro atoms. The predicted molar refractivity (Wildman–Crippen MR) is 126 cm³/mol. The highest BCUT2D eigenvalue weighted by molar-refractivity contribution is 7.87. The Balaban J connectivity index is 0.000000623. The fourth-order valence-corrected chi connectivity index (χ4v) is 4.23.